The number of benzene rings is 1. The van der Waals surface area contributed by atoms with Crippen LogP contribution in [0.15, 0.2) is 24.3 Å². The molecule has 0 aromatic heterocycles. The number of hydrogen-bond acceptors (Lipinski definition) is 2. The Labute approximate surface area is 115 Å². The van der Waals surface area contributed by atoms with Gasteiger partial charge < -0.3 is 10.6 Å². The van der Waals surface area contributed by atoms with Gasteiger partial charge in [-0.15, -0.1) is 0 Å². The summed E-state index contributed by atoms with van der Waals surface area (Å²) in [5.41, 5.74) is 8.21. The van der Waals surface area contributed by atoms with Crippen molar-refractivity contribution in [1.29, 1.82) is 0 Å². The molecule has 3 nitrogen and oxygen atoms in total. The minimum atomic E-state index is -0.471. The van der Waals surface area contributed by atoms with Crippen LogP contribution in [0.2, 0.25) is 0 Å². The van der Waals surface area contributed by atoms with Gasteiger partial charge in [0.2, 0.25) is 5.91 Å². The summed E-state index contributed by atoms with van der Waals surface area (Å²) >= 11 is 0. The highest BCUT2D eigenvalue weighted by Crippen LogP contribution is 2.32. The van der Waals surface area contributed by atoms with Crippen molar-refractivity contribution in [2.24, 2.45) is 11.1 Å². The summed E-state index contributed by atoms with van der Waals surface area (Å²) in [6, 6.07) is 7.89. The van der Waals surface area contributed by atoms with Crippen LogP contribution in [0.5, 0.6) is 0 Å². The second-order valence-electron chi connectivity index (χ2n) is 6.57. The standard InChI is InChI=1S/C16H24N2O/c1-11-9-10-12-7-5-6-8-13(12)18(11)15(19)14(17)16(2,3)4/h5-8,11,14H,9-10,17H2,1-4H3/t11?,14-/m0/s1. The highest BCUT2D eigenvalue weighted by atomic mass is 16.2. The number of nitrogens with zero attached hydrogens (tertiary/aromatic N) is 1. The van der Waals surface area contributed by atoms with Crippen LogP contribution >= 0.6 is 0 Å². The van der Waals surface area contributed by atoms with Gasteiger partial charge in [-0.1, -0.05) is 39.0 Å². The van der Waals surface area contributed by atoms with Gasteiger partial charge in [0, 0.05) is 11.7 Å². The van der Waals surface area contributed by atoms with Crippen LogP contribution in [-0.4, -0.2) is 18.0 Å². The number of carbonyl (C=O) groups is 1. The number of carbonyl (C=O) groups excluding carboxylic acids is 1. The second-order valence-corrected chi connectivity index (χ2v) is 6.57. The summed E-state index contributed by atoms with van der Waals surface area (Å²) in [7, 11) is 0. The zero-order valence-electron chi connectivity index (χ0n) is 12.3. The molecule has 1 aromatic rings. The Bertz CT molecular complexity index is 476. The molecule has 0 spiro atoms. The Kier molecular flexibility index (Phi) is 3.68. The van der Waals surface area contributed by atoms with Gasteiger partial charge in [-0.3, -0.25) is 4.79 Å². The van der Waals surface area contributed by atoms with Gasteiger partial charge >= 0.3 is 0 Å². The van der Waals surface area contributed by atoms with Crippen LogP contribution in [0.4, 0.5) is 5.69 Å². The summed E-state index contributed by atoms with van der Waals surface area (Å²) in [6.07, 6.45) is 2.03. The molecule has 2 N–H and O–H groups in total. The van der Waals surface area contributed by atoms with E-state index in [1.807, 2.05) is 43.9 Å². The smallest absolute Gasteiger partial charge is 0.244 e. The lowest BCUT2D eigenvalue weighted by molar-refractivity contribution is -0.122. The molecule has 0 saturated carbocycles. The molecule has 0 bridgehead atoms. The van der Waals surface area contributed by atoms with Crippen LogP contribution in [0, 0.1) is 5.41 Å². The van der Waals surface area contributed by atoms with Crippen molar-refractivity contribution < 1.29 is 4.79 Å². The molecular weight excluding hydrogens is 236 g/mol. The first kappa shape index (κ1) is 14.1. The second kappa shape index (κ2) is 4.97. The van der Waals surface area contributed by atoms with Gasteiger partial charge in [-0.25, -0.2) is 0 Å². The fraction of sp³-hybridized carbons (Fsp3) is 0.562. The van der Waals surface area contributed by atoms with E-state index in [2.05, 4.69) is 13.0 Å². The predicted octanol–water partition coefficient (Wildman–Crippen LogP) is 2.73. The van der Waals surface area contributed by atoms with Crippen molar-refractivity contribution in [2.45, 2.75) is 52.6 Å². The topological polar surface area (TPSA) is 46.3 Å². The number of anilines is 1. The lowest BCUT2D eigenvalue weighted by atomic mass is 9.85. The summed E-state index contributed by atoms with van der Waals surface area (Å²) in [5.74, 6) is 0.0344. The highest BCUT2D eigenvalue weighted by Gasteiger charge is 2.36. The zero-order chi connectivity index (χ0) is 14.2. The van der Waals surface area contributed by atoms with Gasteiger partial charge in [0.15, 0.2) is 0 Å². The average molecular weight is 260 g/mol. The molecule has 1 aliphatic rings. The van der Waals surface area contributed by atoms with Crippen molar-refractivity contribution in [3.63, 3.8) is 0 Å². The maximum Gasteiger partial charge on any atom is 0.244 e. The molecular formula is C16H24N2O. The summed E-state index contributed by atoms with van der Waals surface area (Å²) in [5, 5.41) is 0. The number of nitrogens with two attached hydrogens (primary N) is 1. The normalized spacial score (nSPS) is 20.9. The maximum atomic E-state index is 12.7. The molecule has 0 saturated heterocycles. The molecule has 0 radical (unpaired) electrons. The van der Waals surface area contributed by atoms with Crippen LogP contribution in [0.3, 0.4) is 0 Å². The Morgan fingerprint density at radius 3 is 2.63 bits per heavy atom. The molecule has 1 amide bonds. The van der Waals surface area contributed by atoms with Crippen molar-refractivity contribution in [1.82, 2.24) is 0 Å². The van der Waals surface area contributed by atoms with Crippen molar-refractivity contribution in [3.05, 3.63) is 29.8 Å². The minimum Gasteiger partial charge on any atom is -0.319 e. The molecule has 1 unspecified atom stereocenters. The molecule has 104 valence electrons. The highest BCUT2D eigenvalue weighted by molar-refractivity contribution is 5.99. The molecule has 1 heterocycles. The third-order valence-corrected chi connectivity index (χ3v) is 3.96. The third-order valence-electron chi connectivity index (χ3n) is 3.96. The molecule has 2 atom stereocenters. The first-order valence-electron chi connectivity index (χ1n) is 6.99. The Balaban J connectivity index is 2.36. The number of aryl methyl sites for hydroxylation is 1. The summed E-state index contributed by atoms with van der Waals surface area (Å²) in [6.45, 7) is 8.13. The van der Waals surface area contributed by atoms with Crippen molar-refractivity contribution in [3.8, 4) is 0 Å². The molecule has 0 fully saturated rings. The molecule has 19 heavy (non-hydrogen) atoms. The van der Waals surface area contributed by atoms with E-state index in [-0.39, 0.29) is 17.4 Å². The van der Waals surface area contributed by atoms with Crippen LogP contribution in [0.1, 0.15) is 39.7 Å². The quantitative estimate of drug-likeness (QED) is 0.844. The summed E-state index contributed by atoms with van der Waals surface area (Å²) < 4.78 is 0. The van der Waals surface area contributed by atoms with E-state index in [0.717, 1.165) is 18.5 Å². The third kappa shape index (κ3) is 2.66. The van der Waals surface area contributed by atoms with Gasteiger partial charge in [0.1, 0.15) is 0 Å². The van der Waals surface area contributed by atoms with Crippen molar-refractivity contribution in [2.75, 3.05) is 4.90 Å². The van der Waals surface area contributed by atoms with Crippen LogP contribution in [0.25, 0.3) is 0 Å². The number of para-hydroxylation sites is 1. The predicted molar refractivity (Wildman–Crippen MR) is 79.1 cm³/mol. The number of hydrogen-bond donors (Lipinski definition) is 1. The zero-order valence-corrected chi connectivity index (χ0v) is 12.3. The van der Waals surface area contributed by atoms with E-state index in [0.29, 0.717) is 0 Å². The first-order valence-corrected chi connectivity index (χ1v) is 6.99. The fourth-order valence-electron chi connectivity index (χ4n) is 2.54. The van der Waals surface area contributed by atoms with E-state index in [4.69, 9.17) is 5.73 Å². The minimum absolute atomic E-state index is 0.0344. The number of amides is 1. The molecule has 3 heteroatoms. The fourth-order valence-corrected chi connectivity index (χ4v) is 2.54. The summed E-state index contributed by atoms with van der Waals surface area (Å²) in [4.78, 5) is 14.6. The lowest BCUT2D eigenvalue weighted by Crippen LogP contribution is -2.54. The molecule has 1 aliphatic heterocycles. The van der Waals surface area contributed by atoms with Crippen LogP contribution in [-0.2, 0) is 11.2 Å². The SMILES string of the molecule is CC1CCc2ccccc2N1C(=O)[C@H](N)C(C)(C)C. The number of rotatable bonds is 1. The molecule has 2 rings (SSSR count). The van der Waals surface area contributed by atoms with E-state index in [1.54, 1.807) is 0 Å². The Hall–Kier alpha value is -1.35. The van der Waals surface area contributed by atoms with Gasteiger partial charge in [0.05, 0.1) is 6.04 Å². The van der Waals surface area contributed by atoms with E-state index >= 15 is 0 Å². The first-order chi connectivity index (χ1) is 8.82. The Morgan fingerprint density at radius 2 is 2.00 bits per heavy atom. The van der Waals surface area contributed by atoms with Crippen LogP contribution < -0.4 is 10.6 Å². The Morgan fingerprint density at radius 1 is 1.37 bits per heavy atom. The van der Waals surface area contributed by atoms with Gasteiger partial charge in [0.25, 0.3) is 0 Å². The molecule has 1 aromatic carbocycles. The average Bonchev–Trinajstić information content (AvgIpc) is 2.36. The van der Waals surface area contributed by atoms with Gasteiger partial charge in [-0.2, -0.15) is 0 Å². The number of fused-ring (bicyclic) bond motifs is 1. The van der Waals surface area contributed by atoms with Crippen molar-refractivity contribution >= 4 is 11.6 Å². The van der Waals surface area contributed by atoms with E-state index in [9.17, 15) is 4.79 Å². The lowest BCUT2D eigenvalue weighted by Gasteiger charge is -2.39. The monoisotopic (exact) mass is 260 g/mol. The largest absolute Gasteiger partial charge is 0.319 e. The van der Waals surface area contributed by atoms with E-state index in [1.165, 1.54) is 5.56 Å². The maximum absolute atomic E-state index is 12.7. The van der Waals surface area contributed by atoms with E-state index < -0.39 is 6.04 Å². The molecule has 0 aliphatic carbocycles. The van der Waals surface area contributed by atoms with Gasteiger partial charge in [-0.05, 0) is 36.8 Å².